The van der Waals surface area contributed by atoms with Crippen molar-refractivity contribution in [1.29, 1.82) is 0 Å². The zero-order valence-corrected chi connectivity index (χ0v) is 24.1. The Bertz CT molecular complexity index is 1690. The van der Waals surface area contributed by atoms with Gasteiger partial charge in [0.05, 0.1) is 16.3 Å². The van der Waals surface area contributed by atoms with Crippen molar-refractivity contribution in [3.63, 3.8) is 0 Å². The number of non-ortho nitro benzene ring substituents is 1. The van der Waals surface area contributed by atoms with Gasteiger partial charge < -0.3 is 0 Å². The van der Waals surface area contributed by atoms with Crippen LogP contribution in [0.4, 0.5) is 86.0 Å². The molecule has 0 aliphatic rings. The Balaban J connectivity index is 1.91. The molecule has 50 heavy (non-hydrogen) atoms. The van der Waals surface area contributed by atoms with E-state index in [9.17, 15) is 84.8 Å². The van der Waals surface area contributed by atoms with Crippen molar-refractivity contribution >= 4 is 17.1 Å². The van der Waals surface area contributed by atoms with Crippen LogP contribution in [0.1, 0.15) is 23.1 Å². The topological polar surface area (TPSA) is 55.5 Å². The van der Waals surface area contributed by atoms with Crippen LogP contribution >= 0.6 is 0 Å². The number of nitrogens with zero attached hydrogens (tertiary/aromatic N) is 2. The molecule has 0 saturated heterocycles. The minimum Gasteiger partial charge on any atom is -0.258 e. The minimum atomic E-state index is -8.68. The van der Waals surface area contributed by atoms with E-state index in [1.165, 1.54) is 12.1 Å². The number of benzene rings is 3. The van der Waals surface area contributed by atoms with E-state index in [0.717, 1.165) is 36.4 Å². The van der Waals surface area contributed by atoms with Gasteiger partial charge in [0.1, 0.15) is 0 Å². The molecule has 4 nitrogen and oxygen atoms in total. The van der Waals surface area contributed by atoms with Crippen molar-refractivity contribution in [1.82, 2.24) is 0 Å². The fourth-order valence-corrected chi connectivity index (χ4v) is 4.15. The fourth-order valence-electron chi connectivity index (χ4n) is 4.15. The van der Waals surface area contributed by atoms with Crippen LogP contribution in [0.15, 0.2) is 83.9 Å². The number of rotatable bonds is 13. The van der Waals surface area contributed by atoms with E-state index in [0.29, 0.717) is 5.56 Å². The second kappa shape index (κ2) is 13.0. The average molecular weight is 748 g/mol. The molecule has 0 atom stereocenters. The maximum Gasteiger partial charge on any atom is 0.460 e. The van der Waals surface area contributed by atoms with Gasteiger partial charge in [0, 0.05) is 29.7 Å². The molecule has 0 fully saturated rings. The van der Waals surface area contributed by atoms with Crippen LogP contribution in [0.5, 0.6) is 0 Å². The quantitative estimate of drug-likeness (QED) is 0.0757. The first-order valence-corrected chi connectivity index (χ1v) is 13.3. The monoisotopic (exact) mass is 748 g/mol. The number of aliphatic imine (C=N–C) groups is 1. The van der Waals surface area contributed by atoms with Gasteiger partial charge in [-0.1, -0.05) is 54.6 Å². The van der Waals surface area contributed by atoms with E-state index in [-0.39, 0.29) is 22.6 Å². The van der Waals surface area contributed by atoms with Gasteiger partial charge in [0.15, 0.2) is 0 Å². The molecule has 21 heteroatoms. The number of alkyl halides is 17. The summed E-state index contributed by atoms with van der Waals surface area (Å²) in [6, 6.07) is 16.6. The highest BCUT2D eigenvalue weighted by molar-refractivity contribution is 6.14. The van der Waals surface area contributed by atoms with Crippen molar-refractivity contribution in [2.24, 2.45) is 4.99 Å². The molecule has 0 N–H and O–H groups in total. The number of nitro groups is 1. The van der Waals surface area contributed by atoms with Gasteiger partial charge in [0.25, 0.3) is 5.69 Å². The van der Waals surface area contributed by atoms with Crippen LogP contribution in [0.3, 0.4) is 0 Å². The van der Waals surface area contributed by atoms with Gasteiger partial charge in [-0.05, 0) is 24.1 Å². The third-order valence-electron chi connectivity index (χ3n) is 7.09. The predicted octanol–water partition coefficient (Wildman–Crippen LogP) is 10.7. The van der Waals surface area contributed by atoms with E-state index in [2.05, 4.69) is 4.99 Å². The number of hydrogen-bond donors (Lipinski definition) is 0. The van der Waals surface area contributed by atoms with Gasteiger partial charge in [-0.2, -0.15) is 74.6 Å². The van der Waals surface area contributed by atoms with Crippen LogP contribution in [0.2, 0.25) is 0 Å². The highest BCUT2D eigenvalue weighted by Gasteiger charge is 2.95. The summed E-state index contributed by atoms with van der Waals surface area (Å²) in [5.41, 5.74) is 0.169. The molecule has 0 radical (unpaired) electrons. The van der Waals surface area contributed by atoms with Gasteiger partial charge >= 0.3 is 47.6 Å². The van der Waals surface area contributed by atoms with Gasteiger partial charge in [0.2, 0.25) is 0 Å². The molecule has 3 rings (SSSR count). The van der Waals surface area contributed by atoms with Crippen LogP contribution in [-0.4, -0.2) is 58.3 Å². The molecule has 0 spiro atoms. The molecule has 0 unspecified atom stereocenters. The smallest absolute Gasteiger partial charge is 0.258 e. The molecule has 0 bridgehead atoms. The van der Waals surface area contributed by atoms with E-state index in [1.807, 2.05) is 0 Å². The van der Waals surface area contributed by atoms with E-state index in [1.54, 1.807) is 30.3 Å². The summed E-state index contributed by atoms with van der Waals surface area (Å²) in [6.07, 6.45) is -11.8. The molecule has 0 aliphatic heterocycles. The highest BCUT2D eigenvalue weighted by Crippen LogP contribution is 2.64. The van der Waals surface area contributed by atoms with Crippen molar-refractivity contribution < 1.29 is 79.6 Å². The van der Waals surface area contributed by atoms with Crippen molar-refractivity contribution in [3.8, 4) is 0 Å². The largest absolute Gasteiger partial charge is 0.460 e. The number of aryl methyl sites for hydroxylation is 1. The highest BCUT2D eigenvalue weighted by atomic mass is 19.4. The SMILES string of the molecule is O=[N+]([O-])c1ccc(N=C(c2ccccc2)c2ccc(CCC(F)(F)C(F)(F)C(F)(F)C(F)(F)C(F)(F)C(F)(F)C(F)(F)C(F)(F)F)cc2)cc1. The molecule has 0 amide bonds. The first-order chi connectivity index (χ1) is 22.6. The lowest BCUT2D eigenvalue weighted by Gasteiger charge is -2.42. The first-order valence-electron chi connectivity index (χ1n) is 13.3. The van der Waals surface area contributed by atoms with E-state index >= 15 is 0 Å². The Hall–Kier alpha value is -4.46. The summed E-state index contributed by atoms with van der Waals surface area (Å²) < 4.78 is 230. The lowest BCUT2D eigenvalue weighted by atomic mass is 9.87. The predicted molar refractivity (Wildman–Crippen MR) is 140 cm³/mol. The molecule has 0 heterocycles. The lowest BCUT2D eigenvalue weighted by Crippen LogP contribution is -2.74. The zero-order valence-electron chi connectivity index (χ0n) is 24.1. The normalized spacial score (nSPS) is 14.5. The summed E-state index contributed by atoms with van der Waals surface area (Å²) in [5.74, 6) is -56.6. The standard InChI is InChI=1S/C29H17F17N2O2/c30-22(31,23(32,33)24(34,35)25(36,37)26(38,39)27(40,41)28(42,43)29(44,45)46)15-14-16-6-8-18(9-7-16)21(17-4-2-1-3-5-17)47-19-10-12-20(13-11-19)48(49)50/h1-13H,14-15H2. The lowest BCUT2D eigenvalue weighted by molar-refractivity contribution is -0.461. The summed E-state index contributed by atoms with van der Waals surface area (Å²) in [5, 5.41) is 10.9. The maximum atomic E-state index is 14.4. The Kier molecular flexibility index (Phi) is 10.4. The molecule has 3 aromatic carbocycles. The molecule has 274 valence electrons. The van der Waals surface area contributed by atoms with E-state index in [4.69, 9.17) is 0 Å². The second-order valence-electron chi connectivity index (χ2n) is 10.4. The third-order valence-corrected chi connectivity index (χ3v) is 7.09. The van der Waals surface area contributed by atoms with Crippen LogP contribution < -0.4 is 0 Å². The summed E-state index contributed by atoms with van der Waals surface area (Å²) in [6.45, 7) is 0. The Labute approximate surface area is 268 Å². The molecule has 0 aromatic heterocycles. The number of halogens is 17. The summed E-state index contributed by atoms with van der Waals surface area (Å²) in [7, 11) is 0. The molecule has 0 saturated carbocycles. The molecule has 0 aliphatic carbocycles. The van der Waals surface area contributed by atoms with Crippen LogP contribution in [-0.2, 0) is 6.42 Å². The second-order valence-corrected chi connectivity index (χ2v) is 10.4. The summed E-state index contributed by atoms with van der Waals surface area (Å²) >= 11 is 0. The third kappa shape index (κ3) is 6.69. The Morgan fingerprint density at radius 1 is 0.540 bits per heavy atom. The van der Waals surface area contributed by atoms with Crippen molar-refractivity contribution in [3.05, 3.63) is 106 Å². The van der Waals surface area contributed by atoms with E-state index < -0.39 is 71.0 Å². The van der Waals surface area contributed by atoms with Gasteiger partial charge in [-0.3, -0.25) is 10.1 Å². The summed E-state index contributed by atoms with van der Waals surface area (Å²) in [4.78, 5) is 14.6. The fraction of sp³-hybridized carbons (Fsp3) is 0.345. The molecular weight excluding hydrogens is 731 g/mol. The number of hydrogen-bond acceptors (Lipinski definition) is 3. The molecular formula is C29H17F17N2O2. The van der Waals surface area contributed by atoms with Gasteiger partial charge in [-0.25, -0.2) is 4.99 Å². The van der Waals surface area contributed by atoms with Crippen LogP contribution in [0, 0.1) is 10.1 Å². The molecule has 3 aromatic rings. The van der Waals surface area contributed by atoms with Crippen LogP contribution in [0.25, 0.3) is 0 Å². The Morgan fingerprint density at radius 2 is 0.960 bits per heavy atom. The first kappa shape index (κ1) is 40.0. The van der Waals surface area contributed by atoms with Crippen molar-refractivity contribution in [2.45, 2.75) is 60.5 Å². The Morgan fingerprint density at radius 3 is 1.40 bits per heavy atom. The minimum absolute atomic E-state index is 0.138. The van der Waals surface area contributed by atoms with Crippen molar-refractivity contribution in [2.75, 3.05) is 0 Å². The average Bonchev–Trinajstić information content (AvgIpc) is 3.02. The van der Waals surface area contributed by atoms with Gasteiger partial charge in [-0.15, -0.1) is 0 Å². The zero-order chi connectivity index (χ0) is 38.4. The maximum absolute atomic E-state index is 14.4. The number of nitro benzene ring substituents is 1.